The van der Waals surface area contributed by atoms with Crippen LogP contribution in [0, 0.1) is 23.7 Å². The van der Waals surface area contributed by atoms with Gasteiger partial charge < -0.3 is 10.6 Å². The van der Waals surface area contributed by atoms with E-state index in [1.807, 2.05) is 39.8 Å². The molecule has 0 spiro atoms. The van der Waals surface area contributed by atoms with Gasteiger partial charge in [0, 0.05) is 13.1 Å². The number of nitrogens with zero attached hydrogens (tertiary/aromatic N) is 3. The highest BCUT2D eigenvalue weighted by atomic mass is 16.2. The van der Waals surface area contributed by atoms with E-state index in [0.717, 1.165) is 4.90 Å². The second-order valence-electron chi connectivity index (χ2n) is 9.31. The van der Waals surface area contributed by atoms with Crippen molar-refractivity contribution in [2.45, 2.75) is 47.1 Å². The van der Waals surface area contributed by atoms with E-state index in [0.29, 0.717) is 12.8 Å². The van der Waals surface area contributed by atoms with Gasteiger partial charge in [0.25, 0.3) is 5.56 Å². The molecule has 174 valence electrons. The summed E-state index contributed by atoms with van der Waals surface area (Å²) >= 11 is 0. The second kappa shape index (κ2) is 9.13. The third-order valence-corrected chi connectivity index (χ3v) is 5.77. The normalized spacial score (nSPS) is 20.4. The minimum atomic E-state index is -0.779. The number of hydrogen-bond acceptors (Lipinski definition) is 6. The number of aromatic nitrogens is 2. The summed E-state index contributed by atoms with van der Waals surface area (Å²) in [5.74, 6) is -2.31. The number of carbonyl (C=O) groups excluding carboxylic acids is 3. The van der Waals surface area contributed by atoms with Crippen LogP contribution in [0.25, 0.3) is 0 Å². The molecular formula is C22H31N5O5. The van der Waals surface area contributed by atoms with Crippen LogP contribution in [-0.4, -0.2) is 45.3 Å². The fraction of sp³-hybridized carbons (Fsp3) is 0.591. The van der Waals surface area contributed by atoms with Gasteiger partial charge in [0.15, 0.2) is 5.69 Å². The molecule has 3 amide bonds. The van der Waals surface area contributed by atoms with Gasteiger partial charge in [-0.1, -0.05) is 39.8 Å². The molecule has 0 radical (unpaired) electrons. The SMILES string of the molecule is CC(C)CN(C(=O)CN1C(=O)C2CC=CCC2C1=O)c1c(N)n(CC(C)C)c(=O)[nH]c1=O. The van der Waals surface area contributed by atoms with Gasteiger partial charge in [-0.2, -0.15) is 0 Å². The molecule has 3 rings (SSSR count). The molecule has 2 unspecified atom stereocenters. The van der Waals surface area contributed by atoms with E-state index >= 15 is 0 Å². The van der Waals surface area contributed by atoms with E-state index in [2.05, 4.69) is 4.98 Å². The van der Waals surface area contributed by atoms with Gasteiger partial charge in [-0.15, -0.1) is 0 Å². The molecule has 0 saturated carbocycles. The zero-order valence-electron chi connectivity index (χ0n) is 19.0. The van der Waals surface area contributed by atoms with Crippen LogP contribution in [-0.2, 0) is 20.9 Å². The quantitative estimate of drug-likeness (QED) is 0.468. The van der Waals surface area contributed by atoms with Crippen molar-refractivity contribution in [1.82, 2.24) is 14.5 Å². The summed E-state index contributed by atoms with van der Waals surface area (Å²) in [6.07, 6.45) is 4.70. The number of H-pyrrole nitrogens is 1. The van der Waals surface area contributed by atoms with Crippen LogP contribution in [0.5, 0.6) is 0 Å². The number of rotatable bonds is 7. The molecule has 0 bridgehead atoms. The van der Waals surface area contributed by atoms with Gasteiger partial charge in [0.1, 0.15) is 12.4 Å². The lowest BCUT2D eigenvalue weighted by molar-refractivity contribution is -0.143. The molecule has 2 aliphatic rings. The standard InChI is InChI=1S/C22H31N5O5/c1-12(2)9-25(17-18(23)26(10-13(3)4)22(32)24-19(17)29)16(28)11-27-20(30)14-7-5-6-8-15(14)21(27)31/h5-6,12-15H,7-11,23H2,1-4H3,(H,24,29,32). The summed E-state index contributed by atoms with van der Waals surface area (Å²) in [5, 5.41) is 0. The van der Waals surface area contributed by atoms with Crippen molar-refractivity contribution < 1.29 is 14.4 Å². The number of likely N-dealkylation sites (tertiary alicyclic amines) is 1. The first-order valence-corrected chi connectivity index (χ1v) is 11.0. The molecule has 10 heteroatoms. The van der Waals surface area contributed by atoms with Crippen molar-refractivity contribution in [1.29, 1.82) is 0 Å². The third kappa shape index (κ3) is 4.39. The van der Waals surface area contributed by atoms with E-state index in [9.17, 15) is 24.0 Å². The van der Waals surface area contributed by atoms with Crippen molar-refractivity contribution in [2.75, 3.05) is 23.7 Å². The van der Waals surface area contributed by atoms with Crippen LogP contribution in [0.1, 0.15) is 40.5 Å². The number of aromatic amines is 1. The molecule has 32 heavy (non-hydrogen) atoms. The average molecular weight is 446 g/mol. The van der Waals surface area contributed by atoms with E-state index in [-0.39, 0.29) is 48.2 Å². The Morgan fingerprint density at radius 1 is 1.06 bits per heavy atom. The first kappa shape index (κ1) is 23.5. The number of anilines is 2. The van der Waals surface area contributed by atoms with Crippen molar-refractivity contribution in [3.63, 3.8) is 0 Å². The monoisotopic (exact) mass is 445 g/mol. The highest BCUT2D eigenvalue weighted by Crippen LogP contribution is 2.35. The fourth-order valence-corrected chi connectivity index (χ4v) is 4.31. The van der Waals surface area contributed by atoms with Crippen LogP contribution in [0.3, 0.4) is 0 Å². The molecule has 3 N–H and O–H groups in total. The average Bonchev–Trinajstić information content (AvgIpc) is 2.95. The van der Waals surface area contributed by atoms with Crippen molar-refractivity contribution in [3.8, 4) is 0 Å². The Hall–Kier alpha value is -3.17. The number of nitrogens with two attached hydrogens (primary N) is 1. The van der Waals surface area contributed by atoms with E-state index in [1.165, 1.54) is 9.47 Å². The smallest absolute Gasteiger partial charge is 0.330 e. The highest BCUT2D eigenvalue weighted by Gasteiger charge is 2.48. The van der Waals surface area contributed by atoms with Gasteiger partial charge in [-0.3, -0.25) is 33.6 Å². The van der Waals surface area contributed by atoms with Gasteiger partial charge in [-0.05, 0) is 24.7 Å². The maximum absolute atomic E-state index is 13.3. The molecule has 2 heterocycles. The summed E-state index contributed by atoms with van der Waals surface area (Å²) in [6.45, 7) is 7.44. The minimum Gasteiger partial charge on any atom is -0.383 e. The minimum absolute atomic E-state index is 0.0417. The Labute approximate surface area is 186 Å². The summed E-state index contributed by atoms with van der Waals surface area (Å²) < 4.78 is 1.23. The number of imide groups is 1. The molecule has 0 aromatic carbocycles. The largest absolute Gasteiger partial charge is 0.383 e. The van der Waals surface area contributed by atoms with E-state index in [4.69, 9.17) is 5.73 Å². The first-order valence-electron chi connectivity index (χ1n) is 11.0. The van der Waals surface area contributed by atoms with Crippen LogP contribution in [0.15, 0.2) is 21.7 Å². The second-order valence-corrected chi connectivity index (χ2v) is 9.31. The van der Waals surface area contributed by atoms with Crippen molar-refractivity contribution in [3.05, 3.63) is 33.0 Å². The maximum Gasteiger partial charge on any atom is 0.330 e. The predicted molar refractivity (Wildman–Crippen MR) is 120 cm³/mol. The molecule has 10 nitrogen and oxygen atoms in total. The summed E-state index contributed by atoms with van der Waals surface area (Å²) in [4.78, 5) is 68.3. The summed E-state index contributed by atoms with van der Waals surface area (Å²) in [6, 6.07) is 0. The fourth-order valence-electron chi connectivity index (χ4n) is 4.31. The maximum atomic E-state index is 13.3. The number of nitrogen functional groups attached to an aromatic ring is 1. The third-order valence-electron chi connectivity index (χ3n) is 5.77. The lowest BCUT2D eigenvalue weighted by Crippen LogP contribution is -2.48. The molecule has 1 aromatic heterocycles. The number of allylic oxidation sites excluding steroid dienone is 2. The Balaban J connectivity index is 1.96. The number of amides is 3. The van der Waals surface area contributed by atoms with Gasteiger partial charge in [0.05, 0.1) is 11.8 Å². The number of hydrogen-bond donors (Lipinski definition) is 2. The first-order chi connectivity index (χ1) is 15.0. The zero-order chi connectivity index (χ0) is 23.7. The predicted octanol–water partition coefficient (Wildman–Crippen LogP) is 0.715. The Kier molecular flexibility index (Phi) is 6.71. The van der Waals surface area contributed by atoms with Gasteiger partial charge in [0.2, 0.25) is 17.7 Å². The molecule has 1 aliphatic heterocycles. The number of fused-ring (bicyclic) bond motifs is 1. The summed E-state index contributed by atoms with van der Waals surface area (Å²) in [5.41, 5.74) is 4.63. The Bertz CT molecular complexity index is 1040. The molecule has 2 atom stereocenters. The number of carbonyl (C=O) groups is 3. The lowest BCUT2D eigenvalue weighted by Gasteiger charge is -2.28. The molecule has 1 saturated heterocycles. The zero-order valence-corrected chi connectivity index (χ0v) is 19.0. The lowest BCUT2D eigenvalue weighted by atomic mass is 9.85. The van der Waals surface area contributed by atoms with E-state index in [1.54, 1.807) is 0 Å². The van der Waals surface area contributed by atoms with Crippen LogP contribution in [0.2, 0.25) is 0 Å². The Morgan fingerprint density at radius 2 is 1.62 bits per heavy atom. The molecule has 1 aromatic rings. The summed E-state index contributed by atoms with van der Waals surface area (Å²) in [7, 11) is 0. The topological polar surface area (TPSA) is 139 Å². The highest BCUT2D eigenvalue weighted by molar-refractivity contribution is 6.09. The Morgan fingerprint density at radius 3 is 2.12 bits per heavy atom. The van der Waals surface area contributed by atoms with E-state index < -0.39 is 35.5 Å². The molecule has 1 fully saturated rings. The van der Waals surface area contributed by atoms with Crippen molar-refractivity contribution in [2.24, 2.45) is 23.7 Å². The van der Waals surface area contributed by atoms with Crippen LogP contribution < -0.4 is 21.9 Å². The van der Waals surface area contributed by atoms with Gasteiger partial charge >= 0.3 is 5.69 Å². The van der Waals surface area contributed by atoms with Crippen LogP contribution in [0.4, 0.5) is 11.5 Å². The van der Waals surface area contributed by atoms with Crippen molar-refractivity contribution >= 4 is 29.2 Å². The molecular weight excluding hydrogens is 414 g/mol. The number of nitrogens with one attached hydrogen (secondary N) is 1. The van der Waals surface area contributed by atoms with Crippen LogP contribution >= 0.6 is 0 Å². The molecule has 1 aliphatic carbocycles. The van der Waals surface area contributed by atoms with Gasteiger partial charge in [-0.25, -0.2) is 4.79 Å².